The van der Waals surface area contributed by atoms with E-state index < -0.39 is 6.29 Å². The minimum atomic E-state index is -0.512. The van der Waals surface area contributed by atoms with Crippen LogP contribution >= 0.6 is 0 Å². The Morgan fingerprint density at radius 2 is 1.45 bits per heavy atom. The van der Waals surface area contributed by atoms with Crippen LogP contribution in [0.1, 0.15) is 0 Å². The van der Waals surface area contributed by atoms with Crippen LogP contribution < -0.4 is 0 Å². The first-order chi connectivity index (χ1) is 5.35. The summed E-state index contributed by atoms with van der Waals surface area (Å²) in [4.78, 5) is 28.9. The fraction of sp³-hybridized carbons (Fsp3) is 0. The van der Waals surface area contributed by atoms with E-state index in [0.29, 0.717) is 6.61 Å². The summed E-state index contributed by atoms with van der Waals surface area (Å²) >= 11 is 0. The molecule has 0 rings (SSSR count). The van der Waals surface area contributed by atoms with Gasteiger partial charge in [0.15, 0.2) is 0 Å². The second-order valence-corrected chi connectivity index (χ2v) is 1.10. The van der Waals surface area contributed by atoms with E-state index in [1.165, 1.54) is 0 Å². The Kier molecular flexibility index (Phi) is 5.59. The van der Waals surface area contributed by atoms with Crippen LogP contribution in [-0.4, -0.2) is 19.4 Å². The van der Waals surface area contributed by atoms with Crippen LogP contribution in [0.15, 0.2) is 0 Å². The first-order valence-electron chi connectivity index (χ1n) is 2.35. The molecule has 0 fully saturated rings. The van der Waals surface area contributed by atoms with Crippen LogP contribution in [-0.2, 0) is 28.6 Å². The van der Waals surface area contributed by atoms with Crippen LogP contribution in [0.2, 0.25) is 0 Å². The van der Waals surface area contributed by atoms with Gasteiger partial charge in [-0.2, -0.15) is 0 Å². The van der Waals surface area contributed by atoms with Gasteiger partial charge in [-0.1, -0.05) is 0 Å². The maximum atomic E-state index is 9.65. The van der Waals surface area contributed by atoms with Gasteiger partial charge in [-0.25, -0.2) is 0 Å². The average molecular weight is 160 g/mol. The van der Waals surface area contributed by atoms with Gasteiger partial charge in [0.1, 0.15) is 0 Å². The second-order valence-electron chi connectivity index (χ2n) is 1.10. The normalized spacial score (nSPS) is 8.45. The van der Waals surface area contributed by atoms with Crippen molar-refractivity contribution in [2.24, 2.45) is 0 Å². The molecular weight excluding hydrogens is 156 g/mol. The van der Waals surface area contributed by atoms with Crippen molar-refractivity contribution < 1.29 is 28.6 Å². The van der Waals surface area contributed by atoms with Gasteiger partial charge >= 0.3 is 6.29 Å². The molecule has 0 aromatic rings. The number of rotatable bonds is 7. The number of carbonyl (C=O) groups excluding carboxylic acids is 3. The molecule has 6 nitrogen and oxygen atoms in total. The topological polar surface area (TPSA) is 78.9 Å². The van der Waals surface area contributed by atoms with Crippen LogP contribution in [0.25, 0.3) is 0 Å². The van der Waals surface area contributed by atoms with Crippen LogP contribution in [0.3, 0.4) is 0 Å². The maximum Gasteiger partial charge on any atom is 0.380 e. The van der Waals surface area contributed by atoms with Crippen LogP contribution in [0.4, 0.5) is 0 Å². The third kappa shape index (κ3) is 4.89. The Morgan fingerprint density at radius 1 is 0.909 bits per heavy atom. The van der Waals surface area contributed by atoms with Gasteiger partial charge in [0, 0.05) is 0 Å². The van der Waals surface area contributed by atoms with E-state index in [0.717, 1.165) is 0 Å². The third-order valence-electron chi connectivity index (χ3n) is 0.548. The van der Waals surface area contributed by atoms with Crippen molar-refractivity contribution in [1.29, 1.82) is 0 Å². The van der Waals surface area contributed by atoms with Gasteiger partial charge in [-0.05, 0) is 0 Å². The molecule has 0 saturated heterocycles. The molecular formula is C5H4O6. The summed E-state index contributed by atoms with van der Waals surface area (Å²) in [6.07, 6.45) is -0.512. The Labute approximate surface area is 62.0 Å². The van der Waals surface area contributed by atoms with Gasteiger partial charge < -0.3 is 14.2 Å². The number of hydrogen-bond donors (Lipinski definition) is 0. The lowest BCUT2D eigenvalue weighted by atomic mass is 10.7. The van der Waals surface area contributed by atoms with Crippen molar-refractivity contribution >= 4 is 19.4 Å². The zero-order valence-electron chi connectivity index (χ0n) is 5.26. The van der Waals surface area contributed by atoms with Gasteiger partial charge in [-0.15, -0.1) is 0 Å². The molecule has 6 heteroatoms. The predicted molar refractivity (Wildman–Crippen MR) is 29.0 cm³/mol. The minimum absolute atomic E-state index is 0.0174. The molecule has 0 aromatic heterocycles. The van der Waals surface area contributed by atoms with E-state index in [-0.39, 0.29) is 19.4 Å². The van der Waals surface area contributed by atoms with Gasteiger partial charge in [0.25, 0.3) is 19.4 Å². The second kappa shape index (κ2) is 6.53. The zero-order valence-corrected chi connectivity index (χ0v) is 5.26. The Bertz CT molecular complexity index is 123. The average Bonchev–Trinajstić information content (AvgIpc) is 2.01. The van der Waals surface area contributed by atoms with E-state index in [2.05, 4.69) is 14.2 Å². The van der Waals surface area contributed by atoms with Gasteiger partial charge in [-0.3, -0.25) is 14.4 Å². The lowest BCUT2D eigenvalue weighted by molar-refractivity contribution is -0.150. The van der Waals surface area contributed by atoms with Crippen LogP contribution in [0.5, 0.6) is 0 Å². The molecule has 0 N–H and O–H groups in total. The van der Waals surface area contributed by atoms with Crippen molar-refractivity contribution in [2.45, 2.75) is 0 Å². The summed E-state index contributed by atoms with van der Waals surface area (Å²) in [6, 6.07) is 0. The summed E-state index contributed by atoms with van der Waals surface area (Å²) in [5.41, 5.74) is 0. The molecule has 60 valence electrons. The molecule has 0 spiro atoms. The first-order valence-corrected chi connectivity index (χ1v) is 2.35. The van der Waals surface area contributed by atoms with Gasteiger partial charge in [0.2, 0.25) is 6.61 Å². The monoisotopic (exact) mass is 160 g/mol. The lowest BCUT2D eigenvalue weighted by Crippen LogP contribution is -2.08. The van der Waals surface area contributed by atoms with Crippen molar-refractivity contribution in [3.63, 3.8) is 0 Å². The smallest absolute Gasteiger partial charge is 0.380 e. The zero-order chi connectivity index (χ0) is 8.53. The molecule has 2 radical (unpaired) electrons. The molecule has 0 heterocycles. The van der Waals surface area contributed by atoms with E-state index in [9.17, 15) is 14.4 Å². The quantitative estimate of drug-likeness (QED) is 0.451. The molecule has 0 aliphatic rings. The Balaban J connectivity index is 3.57. The van der Waals surface area contributed by atoms with Crippen molar-refractivity contribution in [2.75, 3.05) is 0 Å². The molecule has 0 saturated carbocycles. The van der Waals surface area contributed by atoms with Crippen molar-refractivity contribution in [3.05, 3.63) is 12.9 Å². The standard InChI is InChI=1S/C5H4O6/c6-2-9-1-5(10-3-7)11-4-8/h1-4H. The Hall–Kier alpha value is -1.59. The molecule has 0 aliphatic carbocycles. The van der Waals surface area contributed by atoms with E-state index >= 15 is 0 Å². The molecule has 0 bridgehead atoms. The molecule has 11 heavy (non-hydrogen) atoms. The Morgan fingerprint density at radius 3 is 1.82 bits per heavy atom. The lowest BCUT2D eigenvalue weighted by Gasteiger charge is -2.06. The number of hydrogen-bond acceptors (Lipinski definition) is 6. The summed E-state index contributed by atoms with van der Waals surface area (Å²) in [5.74, 6) is 0. The highest BCUT2D eigenvalue weighted by Gasteiger charge is 2.14. The predicted octanol–water partition coefficient (Wildman–Crippen LogP) is -0.843. The molecule has 0 aliphatic heterocycles. The molecule has 0 aromatic carbocycles. The van der Waals surface area contributed by atoms with Crippen molar-refractivity contribution in [1.82, 2.24) is 0 Å². The summed E-state index contributed by atoms with van der Waals surface area (Å²) in [7, 11) is 0. The highest BCUT2D eigenvalue weighted by atomic mass is 16.7. The van der Waals surface area contributed by atoms with Crippen LogP contribution in [0, 0.1) is 12.9 Å². The van der Waals surface area contributed by atoms with Crippen molar-refractivity contribution in [3.8, 4) is 0 Å². The number of ether oxygens (including phenoxy) is 3. The van der Waals surface area contributed by atoms with Gasteiger partial charge in [0.05, 0.1) is 0 Å². The fourth-order valence-corrected chi connectivity index (χ4v) is 0.262. The molecule has 0 amide bonds. The summed E-state index contributed by atoms with van der Waals surface area (Å²) < 4.78 is 12.0. The highest BCUT2D eigenvalue weighted by molar-refractivity contribution is 5.44. The summed E-state index contributed by atoms with van der Waals surface area (Å²) in [6.45, 7) is 0.769. The SMILES string of the molecule is O=CO[CH][C](OC=O)OC=O. The van der Waals surface area contributed by atoms with E-state index in [4.69, 9.17) is 0 Å². The maximum absolute atomic E-state index is 9.65. The third-order valence-corrected chi connectivity index (χ3v) is 0.548. The van der Waals surface area contributed by atoms with E-state index in [1.807, 2.05) is 0 Å². The number of carbonyl (C=O) groups is 3. The first kappa shape index (κ1) is 9.41. The highest BCUT2D eigenvalue weighted by Crippen LogP contribution is 2.05. The summed E-state index contributed by atoms with van der Waals surface area (Å²) in [5, 5.41) is 0. The van der Waals surface area contributed by atoms with E-state index in [1.54, 1.807) is 0 Å². The minimum Gasteiger partial charge on any atom is -0.451 e. The molecule has 0 unspecified atom stereocenters. The largest absolute Gasteiger partial charge is 0.451 e. The fourth-order valence-electron chi connectivity index (χ4n) is 0.262. The molecule has 0 atom stereocenters.